The second kappa shape index (κ2) is 18.2. The molecule has 2 fully saturated rings. The molecule has 1 aliphatic carbocycles. The molecule has 2 aliphatic rings. The minimum Gasteiger partial charge on any atom is -0.489 e. The number of piperidine rings is 1. The molecule has 6 rings (SSSR count). The van der Waals surface area contributed by atoms with E-state index in [4.69, 9.17) is 14.2 Å². The lowest BCUT2D eigenvalue weighted by Gasteiger charge is -2.33. The Bertz CT molecular complexity index is 1860. The van der Waals surface area contributed by atoms with E-state index in [1.165, 1.54) is 5.56 Å². The number of hydrogen-bond acceptors (Lipinski definition) is 7. The Morgan fingerprint density at radius 2 is 1.50 bits per heavy atom. The minimum absolute atomic E-state index is 0.0220. The van der Waals surface area contributed by atoms with Crippen molar-refractivity contribution in [3.05, 3.63) is 137 Å². The fourth-order valence-corrected chi connectivity index (χ4v) is 6.86. The highest BCUT2D eigenvalue weighted by molar-refractivity contribution is 5.99. The molecule has 4 aromatic carbocycles. The third kappa shape index (κ3) is 11.4. The first-order chi connectivity index (χ1) is 26.1. The predicted molar refractivity (Wildman–Crippen MR) is 210 cm³/mol. The van der Waals surface area contributed by atoms with Gasteiger partial charge in [0.25, 0.3) is 5.91 Å². The summed E-state index contributed by atoms with van der Waals surface area (Å²) < 4.78 is 17.5. The molecule has 1 saturated heterocycles. The van der Waals surface area contributed by atoms with Crippen molar-refractivity contribution >= 4 is 24.2 Å². The third-order valence-electron chi connectivity index (χ3n) is 9.88. The lowest BCUT2D eigenvalue weighted by molar-refractivity contribution is -0.146. The Kier molecular flexibility index (Phi) is 12.9. The fourth-order valence-electron chi connectivity index (χ4n) is 6.86. The van der Waals surface area contributed by atoms with Crippen molar-refractivity contribution in [3.63, 3.8) is 0 Å². The van der Waals surface area contributed by atoms with E-state index in [0.29, 0.717) is 30.4 Å². The van der Waals surface area contributed by atoms with Gasteiger partial charge < -0.3 is 19.5 Å². The number of alkyl carbamates (subject to hydrolysis) is 1. The minimum atomic E-state index is -0.578. The number of carbonyl (C=O) groups excluding carboxylic acids is 3. The standard InChI is InChI=1S/C45H51N3O6/c1-45(2,3)54-44(51)47-39-25-35(26-39)28-46-42(49)37-19-17-33(18-20-37)30-52-40-16-10-15-38(27-40)41(36-13-8-5-9-14-36)43(50)53-31-34-21-23-48(24-22-34)29-32-11-6-4-7-12-32/h4-20,27-28,34-35,39,41H,21-26,29-31H2,1-3H3,(H,47,51). The summed E-state index contributed by atoms with van der Waals surface area (Å²) >= 11 is 0. The van der Waals surface area contributed by atoms with Crippen LogP contribution in [0.1, 0.15) is 85.0 Å². The van der Waals surface area contributed by atoms with Crippen LogP contribution >= 0.6 is 0 Å². The molecule has 0 aromatic heterocycles. The molecule has 9 heteroatoms. The van der Waals surface area contributed by atoms with Crippen LogP contribution in [0.3, 0.4) is 0 Å². The monoisotopic (exact) mass is 729 g/mol. The highest BCUT2D eigenvalue weighted by Gasteiger charge is 2.31. The van der Waals surface area contributed by atoms with E-state index in [1.807, 2.05) is 93.6 Å². The zero-order chi connectivity index (χ0) is 37.9. The molecular formula is C45H51N3O6. The van der Waals surface area contributed by atoms with E-state index in [1.54, 1.807) is 18.3 Å². The molecule has 1 saturated carbocycles. The molecule has 0 radical (unpaired) electrons. The van der Waals surface area contributed by atoms with Crippen molar-refractivity contribution in [2.45, 2.75) is 77.2 Å². The number of hydrogen-bond donors (Lipinski definition) is 1. The lowest BCUT2D eigenvalue weighted by atomic mass is 9.81. The molecule has 1 atom stereocenters. The van der Waals surface area contributed by atoms with E-state index < -0.39 is 17.6 Å². The average molecular weight is 730 g/mol. The summed E-state index contributed by atoms with van der Waals surface area (Å²) in [7, 11) is 0. The summed E-state index contributed by atoms with van der Waals surface area (Å²) in [6, 6.07) is 35.1. The molecule has 1 unspecified atom stereocenters. The van der Waals surface area contributed by atoms with Gasteiger partial charge in [-0.15, -0.1) is 0 Å². The summed E-state index contributed by atoms with van der Waals surface area (Å²) in [6.45, 7) is 9.11. The smallest absolute Gasteiger partial charge is 0.407 e. The van der Waals surface area contributed by atoms with Crippen LogP contribution in [-0.4, -0.2) is 60.4 Å². The molecule has 2 amide bonds. The van der Waals surface area contributed by atoms with Gasteiger partial charge in [0.2, 0.25) is 0 Å². The summed E-state index contributed by atoms with van der Waals surface area (Å²) in [5, 5.41) is 2.85. The van der Waals surface area contributed by atoms with Crippen LogP contribution < -0.4 is 10.1 Å². The Labute approximate surface area is 318 Å². The first-order valence-electron chi connectivity index (χ1n) is 19.0. The van der Waals surface area contributed by atoms with Gasteiger partial charge in [0.15, 0.2) is 0 Å². The van der Waals surface area contributed by atoms with Gasteiger partial charge in [-0.2, -0.15) is 0 Å². The molecule has 0 spiro atoms. The summed E-state index contributed by atoms with van der Waals surface area (Å²) in [5.41, 5.74) is 3.83. The van der Waals surface area contributed by atoms with Crippen molar-refractivity contribution in [2.75, 3.05) is 19.7 Å². The summed E-state index contributed by atoms with van der Waals surface area (Å²) in [5.74, 6) is -0.0449. The number of esters is 1. The van der Waals surface area contributed by atoms with Crippen molar-refractivity contribution in [3.8, 4) is 5.75 Å². The Morgan fingerprint density at radius 3 is 2.19 bits per heavy atom. The van der Waals surface area contributed by atoms with Gasteiger partial charge in [0, 0.05) is 24.4 Å². The van der Waals surface area contributed by atoms with Gasteiger partial charge >= 0.3 is 12.1 Å². The molecule has 1 heterocycles. The normalized spacial score (nSPS) is 18.4. The van der Waals surface area contributed by atoms with Gasteiger partial charge in [-0.3, -0.25) is 14.5 Å². The predicted octanol–water partition coefficient (Wildman–Crippen LogP) is 8.37. The van der Waals surface area contributed by atoms with E-state index in [9.17, 15) is 14.4 Å². The number of carbonyl (C=O) groups is 3. The number of nitrogens with one attached hydrogen (secondary N) is 1. The largest absolute Gasteiger partial charge is 0.489 e. The van der Waals surface area contributed by atoms with Crippen molar-refractivity contribution in [1.82, 2.24) is 10.2 Å². The van der Waals surface area contributed by atoms with Crippen LogP contribution in [0, 0.1) is 11.8 Å². The first kappa shape index (κ1) is 38.4. The van der Waals surface area contributed by atoms with Crippen LogP contribution in [0.15, 0.2) is 114 Å². The van der Waals surface area contributed by atoms with Crippen molar-refractivity contribution < 1.29 is 28.6 Å². The van der Waals surface area contributed by atoms with Crippen molar-refractivity contribution in [2.24, 2.45) is 16.8 Å². The van der Waals surface area contributed by atoms with Gasteiger partial charge in [0.05, 0.1) is 6.61 Å². The van der Waals surface area contributed by atoms with E-state index in [-0.39, 0.29) is 23.8 Å². The van der Waals surface area contributed by atoms with E-state index in [0.717, 1.165) is 62.0 Å². The number of nitrogens with zero attached hydrogens (tertiary/aromatic N) is 2. The first-order valence-corrected chi connectivity index (χ1v) is 19.0. The number of aliphatic imine (C=N–C) groups is 1. The Morgan fingerprint density at radius 1 is 0.833 bits per heavy atom. The average Bonchev–Trinajstić information content (AvgIpc) is 3.15. The molecule has 1 N–H and O–H groups in total. The van der Waals surface area contributed by atoms with Crippen LogP contribution in [0.2, 0.25) is 0 Å². The van der Waals surface area contributed by atoms with Gasteiger partial charge in [-0.05, 0) is 118 Å². The van der Waals surface area contributed by atoms with E-state index in [2.05, 4.69) is 39.5 Å². The van der Waals surface area contributed by atoms with Gasteiger partial charge in [-0.1, -0.05) is 84.9 Å². The second-order valence-corrected chi connectivity index (χ2v) is 15.4. The SMILES string of the molecule is CC(C)(C)OC(=O)NC1CC(C=NC(=O)c2ccc(COc3cccc(C(C(=O)OCC4CCN(Cc5ccccc5)CC4)c4ccccc4)c3)cc2)C1. The highest BCUT2D eigenvalue weighted by Crippen LogP contribution is 2.30. The quantitative estimate of drug-likeness (QED) is 0.109. The molecular weight excluding hydrogens is 679 g/mol. The molecule has 282 valence electrons. The topological polar surface area (TPSA) is 107 Å². The number of amides is 2. The van der Waals surface area contributed by atoms with Gasteiger partial charge in [-0.25, -0.2) is 9.79 Å². The maximum Gasteiger partial charge on any atom is 0.407 e. The number of likely N-dealkylation sites (tertiary alicyclic amines) is 1. The van der Waals surface area contributed by atoms with Crippen LogP contribution in [0.5, 0.6) is 5.75 Å². The van der Waals surface area contributed by atoms with Crippen molar-refractivity contribution in [1.29, 1.82) is 0 Å². The lowest BCUT2D eigenvalue weighted by Crippen LogP contribution is -2.46. The Balaban J connectivity index is 0.984. The highest BCUT2D eigenvalue weighted by atomic mass is 16.6. The number of rotatable bonds is 13. The zero-order valence-corrected chi connectivity index (χ0v) is 31.5. The molecule has 4 aromatic rings. The maximum atomic E-state index is 13.7. The molecule has 54 heavy (non-hydrogen) atoms. The molecule has 9 nitrogen and oxygen atoms in total. The third-order valence-corrected chi connectivity index (χ3v) is 9.88. The van der Waals surface area contributed by atoms with Crippen LogP contribution in [-0.2, 0) is 27.4 Å². The number of ether oxygens (including phenoxy) is 3. The van der Waals surface area contributed by atoms with Crippen LogP contribution in [0.25, 0.3) is 0 Å². The molecule has 0 bridgehead atoms. The van der Waals surface area contributed by atoms with Gasteiger partial charge in [0.1, 0.15) is 23.9 Å². The fraction of sp³-hybridized carbons (Fsp3) is 0.378. The number of benzene rings is 4. The Hall–Kier alpha value is -5.28. The molecule has 1 aliphatic heterocycles. The van der Waals surface area contributed by atoms with E-state index >= 15 is 0 Å². The summed E-state index contributed by atoms with van der Waals surface area (Å²) in [4.78, 5) is 45.0. The summed E-state index contributed by atoms with van der Waals surface area (Å²) in [6.07, 6.45) is 4.68. The zero-order valence-electron chi connectivity index (χ0n) is 31.5. The maximum absolute atomic E-state index is 13.7. The second-order valence-electron chi connectivity index (χ2n) is 15.4. The van der Waals surface area contributed by atoms with Crippen LogP contribution in [0.4, 0.5) is 4.79 Å².